The zero-order valence-corrected chi connectivity index (χ0v) is 13.6. The third kappa shape index (κ3) is 3.98. The van der Waals surface area contributed by atoms with Crippen molar-refractivity contribution in [3.8, 4) is 0 Å². The van der Waals surface area contributed by atoms with Crippen LogP contribution in [0.3, 0.4) is 0 Å². The smallest absolute Gasteiger partial charge is 0.269 e. The predicted molar refractivity (Wildman–Crippen MR) is 90.3 cm³/mol. The number of hydrogen-bond acceptors (Lipinski definition) is 3. The molecule has 2 amide bonds. The van der Waals surface area contributed by atoms with E-state index in [0.717, 1.165) is 5.56 Å². The fourth-order valence-corrected chi connectivity index (χ4v) is 2.25. The van der Waals surface area contributed by atoms with Gasteiger partial charge in [-0.1, -0.05) is 23.7 Å². The van der Waals surface area contributed by atoms with Crippen molar-refractivity contribution >= 4 is 35.2 Å². The third-order valence-electron chi connectivity index (χ3n) is 3.21. The zero-order chi connectivity index (χ0) is 17.0. The number of halogens is 1. The summed E-state index contributed by atoms with van der Waals surface area (Å²) in [4.78, 5) is 23.7. The zero-order valence-electron chi connectivity index (χ0n) is 12.8. The van der Waals surface area contributed by atoms with Crippen LogP contribution in [0.1, 0.15) is 28.7 Å². The second-order valence-electron chi connectivity index (χ2n) is 4.86. The van der Waals surface area contributed by atoms with Crippen LogP contribution in [0.4, 0.5) is 5.69 Å². The van der Waals surface area contributed by atoms with Gasteiger partial charge >= 0.3 is 0 Å². The standard InChI is InChI=1S/C16H17ClN4O2/c1-3-21-15(16(18)23)14(10(2)20-21)19-13(22)9-6-11-4-7-12(17)8-5-11/h4-9H,3H2,1-2H3,(H2,18,23)(H,19,22). The summed E-state index contributed by atoms with van der Waals surface area (Å²) in [5.74, 6) is -1.01. The first-order valence-electron chi connectivity index (χ1n) is 7.04. The average molecular weight is 333 g/mol. The summed E-state index contributed by atoms with van der Waals surface area (Å²) >= 11 is 5.81. The molecule has 0 aliphatic rings. The Hall–Kier alpha value is -2.60. The van der Waals surface area contributed by atoms with Gasteiger partial charge in [0.2, 0.25) is 5.91 Å². The monoisotopic (exact) mass is 332 g/mol. The Labute approximate surface area is 138 Å². The van der Waals surface area contributed by atoms with Gasteiger partial charge in [-0.15, -0.1) is 0 Å². The Morgan fingerprint density at radius 3 is 2.57 bits per heavy atom. The van der Waals surface area contributed by atoms with E-state index in [1.54, 1.807) is 37.3 Å². The average Bonchev–Trinajstić information content (AvgIpc) is 2.83. The molecule has 0 atom stereocenters. The van der Waals surface area contributed by atoms with Crippen molar-refractivity contribution in [2.45, 2.75) is 20.4 Å². The molecule has 1 aromatic heterocycles. The molecule has 0 fully saturated rings. The van der Waals surface area contributed by atoms with E-state index in [4.69, 9.17) is 17.3 Å². The molecule has 23 heavy (non-hydrogen) atoms. The van der Waals surface area contributed by atoms with Crippen molar-refractivity contribution in [3.63, 3.8) is 0 Å². The van der Waals surface area contributed by atoms with Gasteiger partial charge in [0, 0.05) is 17.6 Å². The van der Waals surface area contributed by atoms with Crippen LogP contribution < -0.4 is 11.1 Å². The molecule has 0 saturated heterocycles. The van der Waals surface area contributed by atoms with Crippen molar-refractivity contribution in [3.05, 3.63) is 52.3 Å². The number of aryl methyl sites for hydroxylation is 2. The number of anilines is 1. The van der Waals surface area contributed by atoms with Crippen molar-refractivity contribution in [2.75, 3.05) is 5.32 Å². The molecule has 0 bridgehead atoms. The topological polar surface area (TPSA) is 90.0 Å². The summed E-state index contributed by atoms with van der Waals surface area (Å²) in [5, 5.41) is 7.48. The Bertz CT molecular complexity index is 763. The minimum absolute atomic E-state index is 0.193. The molecule has 0 saturated carbocycles. The van der Waals surface area contributed by atoms with Crippen LogP contribution in [-0.2, 0) is 11.3 Å². The number of nitrogens with one attached hydrogen (secondary N) is 1. The molecule has 0 unspecified atom stereocenters. The van der Waals surface area contributed by atoms with Crippen molar-refractivity contribution < 1.29 is 9.59 Å². The number of rotatable bonds is 5. The molecular weight excluding hydrogens is 316 g/mol. The van der Waals surface area contributed by atoms with Crippen LogP contribution >= 0.6 is 11.6 Å². The van der Waals surface area contributed by atoms with Gasteiger partial charge in [0.1, 0.15) is 5.69 Å². The second-order valence-corrected chi connectivity index (χ2v) is 5.30. The molecule has 0 aliphatic carbocycles. The van der Waals surface area contributed by atoms with E-state index in [0.29, 0.717) is 22.9 Å². The number of carbonyl (C=O) groups excluding carboxylic acids is 2. The highest BCUT2D eigenvalue weighted by Crippen LogP contribution is 2.20. The molecule has 0 spiro atoms. The Morgan fingerprint density at radius 2 is 2.00 bits per heavy atom. The van der Waals surface area contributed by atoms with E-state index in [-0.39, 0.29) is 11.6 Å². The van der Waals surface area contributed by atoms with E-state index < -0.39 is 5.91 Å². The van der Waals surface area contributed by atoms with Gasteiger partial charge in [0.05, 0.1) is 11.4 Å². The van der Waals surface area contributed by atoms with Crippen LogP contribution in [0.5, 0.6) is 0 Å². The van der Waals surface area contributed by atoms with E-state index in [1.165, 1.54) is 10.8 Å². The van der Waals surface area contributed by atoms with Crippen LogP contribution in [0.2, 0.25) is 5.02 Å². The molecule has 1 heterocycles. The Balaban J connectivity index is 2.19. The first-order chi connectivity index (χ1) is 10.9. The molecule has 1 aromatic carbocycles. The van der Waals surface area contributed by atoms with E-state index in [9.17, 15) is 9.59 Å². The maximum atomic E-state index is 12.1. The van der Waals surface area contributed by atoms with E-state index in [1.807, 2.05) is 6.92 Å². The highest BCUT2D eigenvalue weighted by molar-refractivity contribution is 6.30. The van der Waals surface area contributed by atoms with Crippen molar-refractivity contribution in [2.24, 2.45) is 5.73 Å². The minimum Gasteiger partial charge on any atom is -0.364 e. The van der Waals surface area contributed by atoms with Crippen LogP contribution in [0, 0.1) is 6.92 Å². The lowest BCUT2D eigenvalue weighted by molar-refractivity contribution is -0.111. The Kier molecular flexibility index (Phi) is 5.18. The van der Waals surface area contributed by atoms with Gasteiger partial charge in [-0.3, -0.25) is 14.3 Å². The number of carbonyl (C=O) groups is 2. The maximum Gasteiger partial charge on any atom is 0.269 e. The molecule has 2 aromatic rings. The van der Waals surface area contributed by atoms with Crippen LogP contribution in [-0.4, -0.2) is 21.6 Å². The van der Waals surface area contributed by atoms with Crippen LogP contribution in [0.15, 0.2) is 30.3 Å². The fraction of sp³-hybridized carbons (Fsp3) is 0.188. The minimum atomic E-state index is -0.635. The fourth-order valence-electron chi connectivity index (χ4n) is 2.12. The third-order valence-corrected chi connectivity index (χ3v) is 3.46. The highest BCUT2D eigenvalue weighted by atomic mass is 35.5. The predicted octanol–water partition coefficient (Wildman–Crippen LogP) is 2.62. The van der Waals surface area contributed by atoms with Gasteiger partial charge < -0.3 is 11.1 Å². The summed E-state index contributed by atoms with van der Waals surface area (Å²) < 4.78 is 1.47. The van der Waals surface area contributed by atoms with Gasteiger partial charge in [-0.2, -0.15) is 5.10 Å². The normalized spacial score (nSPS) is 10.9. The van der Waals surface area contributed by atoms with Gasteiger partial charge in [-0.05, 0) is 37.6 Å². The molecule has 3 N–H and O–H groups in total. The lowest BCUT2D eigenvalue weighted by atomic mass is 10.2. The number of aromatic nitrogens is 2. The number of nitrogens with zero attached hydrogens (tertiary/aromatic N) is 2. The van der Waals surface area contributed by atoms with Gasteiger partial charge in [0.15, 0.2) is 0 Å². The highest BCUT2D eigenvalue weighted by Gasteiger charge is 2.19. The van der Waals surface area contributed by atoms with Crippen molar-refractivity contribution in [1.29, 1.82) is 0 Å². The number of primary amides is 1. The first kappa shape index (κ1) is 16.8. The lowest BCUT2D eigenvalue weighted by Gasteiger charge is -2.05. The Morgan fingerprint density at radius 1 is 1.35 bits per heavy atom. The largest absolute Gasteiger partial charge is 0.364 e. The van der Waals surface area contributed by atoms with Gasteiger partial charge in [0.25, 0.3) is 5.91 Å². The summed E-state index contributed by atoms with van der Waals surface area (Å²) in [6.07, 6.45) is 3.02. The molecule has 6 nitrogen and oxygen atoms in total. The number of nitrogens with two attached hydrogens (primary N) is 1. The second kappa shape index (κ2) is 7.11. The SMILES string of the molecule is CCn1nc(C)c(NC(=O)C=Cc2ccc(Cl)cc2)c1C(N)=O. The summed E-state index contributed by atoms with van der Waals surface area (Å²) in [6.45, 7) is 4.03. The van der Waals surface area contributed by atoms with E-state index >= 15 is 0 Å². The molecule has 0 aliphatic heterocycles. The molecule has 2 rings (SSSR count). The molecule has 7 heteroatoms. The maximum absolute atomic E-state index is 12.1. The molecule has 0 radical (unpaired) electrons. The summed E-state index contributed by atoms with van der Waals surface area (Å²) in [6, 6.07) is 7.06. The first-order valence-corrected chi connectivity index (χ1v) is 7.42. The lowest BCUT2D eigenvalue weighted by Crippen LogP contribution is -2.20. The number of hydrogen-bond donors (Lipinski definition) is 2. The van der Waals surface area contributed by atoms with Gasteiger partial charge in [-0.25, -0.2) is 0 Å². The summed E-state index contributed by atoms with van der Waals surface area (Å²) in [5.41, 5.74) is 7.28. The molecule has 120 valence electrons. The number of amides is 2. The quantitative estimate of drug-likeness (QED) is 0.825. The molecular formula is C16H17ClN4O2. The van der Waals surface area contributed by atoms with Crippen LogP contribution in [0.25, 0.3) is 6.08 Å². The van der Waals surface area contributed by atoms with Crippen molar-refractivity contribution in [1.82, 2.24) is 9.78 Å². The van der Waals surface area contributed by atoms with E-state index in [2.05, 4.69) is 10.4 Å². The number of benzene rings is 1. The summed E-state index contributed by atoms with van der Waals surface area (Å²) in [7, 11) is 0.